The smallest absolute Gasteiger partial charge is 0.338 e. The van der Waals surface area contributed by atoms with Crippen molar-refractivity contribution < 1.29 is 22.7 Å². The summed E-state index contributed by atoms with van der Waals surface area (Å²) in [7, 11) is -3.83. The van der Waals surface area contributed by atoms with E-state index >= 15 is 0 Å². The third-order valence-corrected chi connectivity index (χ3v) is 8.13. The topological polar surface area (TPSA) is 92.8 Å². The first-order valence-corrected chi connectivity index (χ1v) is 12.9. The molecule has 0 atom stereocenters. The maximum Gasteiger partial charge on any atom is 0.338 e. The maximum atomic E-state index is 12.9. The molecule has 1 heterocycles. The largest absolute Gasteiger partial charge is 0.452 e. The Morgan fingerprint density at radius 2 is 1.70 bits per heavy atom. The SMILES string of the molecule is O=C(COC(=O)c1ccc(Cl)c(S(=O)(=O)N2CCCCC2)c1)NCCc1ccc(Cl)cc1Cl. The van der Waals surface area contributed by atoms with Crippen LogP contribution in [0.3, 0.4) is 0 Å². The second-order valence-electron chi connectivity index (χ2n) is 7.52. The minimum atomic E-state index is -3.83. The number of sulfonamides is 1. The van der Waals surface area contributed by atoms with Crippen LogP contribution in [-0.2, 0) is 26.0 Å². The Labute approximate surface area is 208 Å². The fourth-order valence-corrected chi connectivity index (χ4v) is 5.92. The Balaban J connectivity index is 1.55. The molecule has 0 bridgehead atoms. The second kappa shape index (κ2) is 11.5. The fourth-order valence-electron chi connectivity index (χ4n) is 3.40. The second-order valence-corrected chi connectivity index (χ2v) is 10.7. The minimum absolute atomic E-state index is 0.00395. The van der Waals surface area contributed by atoms with Crippen LogP contribution in [0, 0.1) is 0 Å². The van der Waals surface area contributed by atoms with Gasteiger partial charge in [-0.3, -0.25) is 4.79 Å². The monoisotopic (exact) mass is 532 g/mol. The summed E-state index contributed by atoms with van der Waals surface area (Å²) in [6, 6.07) is 8.99. The van der Waals surface area contributed by atoms with Crippen LogP contribution in [0.1, 0.15) is 35.2 Å². The standard InChI is InChI=1S/C22H23Cl3N2O5S/c23-17-6-4-15(19(25)13-17)8-9-26-21(28)14-32-22(29)16-5-7-18(24)20(12-16)33(30,31)27-10-2-1-3-11-27/h4-7,12-13H,1-3,8-11,14H2,(H,26,28). The van der Waals surface area contributed by atoms with E-state index in [-0.39, 0.29) is 22.0 Å². The highest BCUT2D eigenvalue weighted by molar-refractivity contribution is 7.89. The highest BCUT2D eigenvalue weighted by Crippen LogP contribution is 2.28. The normalized spacial score (nSPS) is 14.6. The van der Waals surface area contributed by atoms with E-state index in [1.165, 1.54) is 22.5 Å². The van der Waals surface area contributed by atoms with Crippen LogP contribution in [0.5, 0.6) is 0 Å². The number of rotatable bonds is 8. The van der Waals surface area contributed by atoms with Crippen molar-refractivity contribution in [3.05, 3.63) is 62.6 Å². The van der Waals surface area contributed by atoms with Crippen LogP contribution in [-0.4, -0.2) is 50.8 Å². The lowest BCUT2D eigenvalue weighted by atomic mass is 10.1. The summed E-state index contributed by atoms with van der Waals surface area (Å²) in [6.07, 6.45) is 3.00. The van der Waals surface area contributed by atoms with Crippen LogP contribution in [0.15, 0.2) is 41.3 Å². The molecule has 33 heavy (non-hydrogen) atoms. The van der Waals surface area contributed by atoms with Crippen molar-refractivity contribution in [2.24, 2.45) is 0 Å². The quantitative estimate of drug-likeness (QED) is 0.510. The van der Waals surface area contributed by atoms with Crippen molar-refractivity contribution >= 4 is 56.7 Å². The molecule has 2 aromatic carbocycles. The Kier molecular flexibility index (Phi) is 9.01. The van der Waals surface area contributed by atoms with Crippen molar-refractivity contribution in [3.63, 3.8) is 0 Å². The summed E-state index contributed by atoms with van der Waals surface area (Å²) in [5.41, 5.74) is 0.817. The van der Waals surface area contributed by atoms with Gasteiger partial charge in [-0.15, -0.1) is 0 Å². The first-order chi connectivity index (χ1) is 15.7. The highest BCUT2D eigenvalue weighted by atomic mass is 35.5. The molecule has 1 aliphatic heterocycles. The van der Waals surface area contributed by atoms with Crippen molar-refractivity contribution in [1.29, 1.82) is 0 Å². The van der Waals surface area contributed by atoms with Gasteiger partial charge in [-0.05, 0) is 55.2 Å². The molecule has 1 amide bonds. The zero-order chi connectivity index (χ0) is 24.0. The predicted molar refractivity (Wildman–Crippen MR) is 128 cm³/mol. The molecule has 7 nitrogen and oxygen atoms in total. The number of benzene rings is 2. The number of hydrogen-bond donors (Lipinski definition) is 1. The summed E-state index contributed by atoms with van der Waals surface area (Å²) in [6.45, 7) is 0.602. The number of amides is 1. The summed E-state index contributed by atoms with van der Waals surface area (Å²) < 4.78 is 32.3. The highest BCUT2D eigenvalue weighted by Gasteiger charge is 2.29. The lowest BCUT2D eigenvalue weighted by Gasteiger charge is -2.26. The molecule has 1 N–H and O–H groups in total. The molecular formula is C22H23Cl3N2O5S. The van der Waals surface area contributed by atoms with E-state index in [9.17, 15) is 18.0 Å². The number of hydrogen-bond acceptors (Lipinski definition) is 5. The summed E-state index contributed by atoms with van der Waals surface area (Å²) in [5.74, 6) is -1.32. The van der Waals surface area contributed by atoms with Gasteiger partial charge >= 0.3 is 5.97 Å². The lowest BCUT2D eigenvalue weighted by molar-refractivity contribution is -0.124. The summed E-state index contributed by atoms with van der Waals surface area (Å²) in [4.78, 5) is 24.3. The lowest BCUT2D eigenvalue weighted by Crippen LogP contribution is -2.35. The third-order valence-electron chi connectivity index (χ3n) is 5.17. The van der Waals surface area contributed by atoms with Crippen molar-refractivity contribution in [2.75, 3.05) is 26.2 Å². The zero-order valence-electron chi connectivity index (χ0n) is 17.7. The van der Waals surface area contributed by atoms with E-state index in [0.29, 0.717) is 29.6 Å². The molecule has 0 aliphatic carbocycles. The molecule has 0 spiro atoms. The van der Waals surface area contributed by atoms with Gasteiger partial charge in [-0.25, -0.2) is 13.2 Å². The number of esters is 1. The molecule has 2 aromatic rings. The molecule has 11 heteroatoms. The van der Waals surface area contributed by atoms with E-state index < -0.39 is 28.5 Å². The third kappa shape index (κ3) is 6.83. The zero-order valence-corrected chi connectivity index (χ0v) is 20.7. The average Bonchev–Trinajstić information content (AvgIpc) is 2.79. The van der Waals surface area contributed by atoms with Crippen LogP contribution in [0.4, 0.5) is 0 Å². The molecular weight excluding hydrogens is 511 g/mol. The molecule has 178 valence electrons. The van der Waals surface area contributed by atoms with Gasteiger partial charge < -0.3 is 10.1 Å². The van der Waals surface area contributed by atoms with Gasteiger partial charge in [0.1, 0.15) is 4.90 Å². The van der Waals surface area contributed by atoms with E-state index in [4.69, 9.17) is 39.5 Å². The van der Waals surface area contributed by atoms with E-state index in [1.807, 2.05) is 0 Å². The molecule has 0 unspecified atom stereocenters. The first-order valence-electron chi connectivity index (χ1n) is 10.4. The Bertz CT molecular complexity index is 1130. The Morgan fingerprint density at radius 1 is 0.970 bits per heavy atom. The minimum Gasteiger partial charge on any atom is -0.452 e. The van der Waals surface area contributed by atoms with Crippen molar-refractivity contribution in [2.45, 2.75) is 30.6 Å². The Hall–Kier alpha value is -1.84. The fraction of sp³-hybridized carbons (Fsp3) is 0.364. The van der Waals surface area contributed by atoms with Crippen LogP contribution < -0.4 is 5.32 Å². The van der Waals surface area contributed by atoms with Crippen LogP contribution in [0.25, 0.3) is 0 Å². The van der Waals surface area contributed by atoms with Gasteiger partial charge in [0.05, 0.1) is 10.6 Å². The first kappa shape index (κ1) is 25.8. The van der Waals surface area contributed by atoms with Gasteiger partial charge in [0.15, 0.2) is 6.61 Å². The van der Waals surface area contributed by atoms with Crippen LogP contribution >= 0.6 is 34.8 Å². The summed E-state index contributed by atoms with van der Waals surface area (Å²) in [5, 5.41) is 3.68. The average molecular weight is 534 g/mol. The van der Waals surface area contributed by atoms with Gasteiger partial charge in [0, 0.05) is 29.7 Å². The summed E-state index contributed by atoms with van der Waals surface area (Å²) >= 11 is 18.1. The van der Waals surface area contributed by atoms with E-state index in [1.54, 1.807) is 18.2 Å². The van der Waals surface area contributed by atoms with Crippen molar-refractivity contribution in [1.82, 2.24) is 9.62 Å². The van der Waals surface area contributed by atoms with Gasteiger partial charge in [0.25, 0.3) is 5.91 Å². The molecule has 0 aromatic heterocycles. The number of ether oxygens (including phenoxy) is 1. The van der Waals surface area contributed by atoms with E-state index in [2.05, 4.69) is 5.32 Å². The predicted octanol–water partition coefficient (Wildman–Crippen LogP) is 4.34. The molecule has 0 saturated carbocycles. The van der Waals surface area contributed by atoms with Crippen LogP contribution in [0.2, 0.25) is 15.1 Å². The number of halogens is 3. The number of nitrogens with zero attached hydrogens (tertiary/aromatic N) is 1. The van der Waals surface area contributed by atoms with Gasteiger partial charge in [-0.2, -0.15) is 4.31 Å². The molecule has 1 saturated heterocycles. The maximum absolute atomic E-state index is 12.9. The number of carbonyl (C=O) groups is 2. The number of nitrogens with one attached hydrogen (secondary N) is 1. The molecule has 3 rings (SSSR count). The van der Waals surface area contributed by atoms with E-state index in [0.717, 1.165) is 24.8 Å². The molecule has 0 radical (unpaired) electrons. The number of carbonyl (C=O) groups excluding carboxylic acids is 2. The molecule has 1 fully saturated rings. The molecule has 1 aliphatic rings. The Morgan fingerprint density at radius 3 is 2.39 bits per heavy atom. The van der Waals surface area contributed by atoms with Gasteiger partial charge in [0.2, 0.25) is 10.0 Å². The van der Waals surface area contributed by atoms with Crippen molar-refractivity contribution in [3.8, 4) is 0 Å². The van der Waals surface area contributed by atoms with Gasteiger partial charge in [-0.1, -0.05) is 47.3 Å². The number of piperidine rings is 1.